The second kappa shape index (κ2) is 7.64. The van der Waals surface area contributed by atoms with E-state index in [1.54, 1.807) is 25.3 Å². The number of halogens is 4. The monoisotopic (exact) mass is 421 g/mol. The number of hydrogen-bond acceptors (Lipinski definition) is 3. The number of fused-ring (bicyclic) bond motifs is 1. The van der Waals surface area contributed by atoms with Gasteiger partial charge < -0.3 is 9.12 Å². The Hall–Kier alpha value is -1.25. The zero-order valence-electron chi connectivity index (χ0n) is 16.1. The topological polar surface area (TPSA) is 53.2 Å². The highest BCUT2D eigenvalue weighted by Gasteiger charge is 2.32. The maximum absolute atomic E-state index is 14.0. The molecule has 2 aromatic heterocycles. The Morgan fingerprint density at radius 1 is 1.30 bits per heavy atom. The van der Waals surface area contributed by atoms with Gasteiger partial charge in [0, 0.05) is 23.7 Å². The Morgan fingerprint density at radius 2 is 1.89 bits per heavy atom. The molecule has 0 aromatic carbocycles. The van der Waals surface area contributed by atoms with Crippen molar-refractivity contribution in [3.8, 4) is 0 Å². The first-order valence-corrected chi connectivity index (χ1v) is 9.83. The van der Waals surface area contributed by atoms with Crippen LogP contribution in [0.3, 0.4) is 0 Å². The molecular weight excluding hydrogens is 399 g/mol. The fraction of sp³-hybridized carbons (Fsp3) is 0.556. The van der Waals surface area contributed by atoms with Crippen LogP contribution >= 0.6 is 11.6 Å². The lowest BCUT2D eigenvalue weighted by atomic mass is 9.97. The maximum Gasteiger partial charge on any atom is 0.285 e. The predicted octanol–water partition coefficient (Wildman–Crippen LogP) is 5.39. The minimum absolute atomic E-state index is 0.00455. The van der Waals surface area contributed by atoms with Crippen LogP contribution in [0.5, 0.6) is 0 Å². The van der Waals surface area contributed by atoms with Crippen LogP contribution in [0.25, 0.3) is 11.0 Å². The summed E-state index contributed by atoms with van der Waals surface area (Å²) in [5, 5.41) is -0.178. The number of alkyl halides is 2. The van der Waals surface area contributed by atoms with Gasteiger partial charge in [0.25, 0.3) is 6.43 Å². The van der Waals surface area contributed by atoms with Crippen molar-refractivity contribution < 1.29 is 17.7 Å². The molecule has 9 heteroatoms. The number of hydrogen-bond donors (Lipinski definition) is 0. The molecule has 2 heterocycles. The number of rotatable bonds is 4. The predicted molar refractivity (Wildman–Crippen MR) is 105 cm³/mol. The van der Waals surface area contributed by atoms with Gasteiger partial charge in [0.05, 0.1) is 0 Å². The van der Waals surface area contributed by atoms with Gasteiger partial charge in [-0.2, -0.15) is 0 Å². The molecule has 150 valence electrons. The molecule has 2 rings (SSSR count). The van der Waals surface area contributed by atoms with Crippen LogP contribution < -0.4 is 0 Å². The van der Waals surface area contributed by atoms with E-state index < -0.39 is 34.1 Å². The standard InChI is InChI=1S/C18H23ClF3N3OS/c1-17(2,3)9-25-8-11(10-7-12(20)14(19)23-16(10)25)13(15(21)22)24-27(26)18(4,5)6/h7-8,15H,9H2,1-6H3. The van der Waals surface area contributed by atoms with E-state index in [9.17, 15) is 17.7 Å². The summed E-state index contributed by atoms with van der Waals surface area (Å²) in [6.07, 6.45) is -1.53. The number of pyridine rings is 1. The average Bonchev–Trinajstić information content (AvgIpc) is 2.79. The second-order valence-electron chi connectivity index (χ2n) is 8.50. The third kappa shape index (κ3) is 5.18. The van der Waals surface area contributed by atoms with E-state index in [2.05, 4.69) is 9.38 Å². The molecule has 0 saturated heterocycles. The molecular formula is C18H23ClF3N3OS. The van der Waals surface area contributed by atoms with E-state index in [1.807, 2.05) is 20.8 Å². The van der Waals surface area contributed by atoms with E-state index in [0.717, 1.165) is 6.07 Å². The summed E-state index contributed by atoms with van der Waals surface area (Å²) in [6.45, 7) is 11.3. The van der Waals surface area contributed by atoms with Gasteiger partial charge in [0.1, 0.15) is 21.8 Å². The Balaban J connectivity index is 2.75. The van der Waals surface area contributed by atoms with Crippen molar-refractivity contribution in [2.45, 2.75) is 59.3 Å². The molecule has 0 radical (unpaired) electrons. The van der Waals surface area contributed by atoms with E-state index in [4.69, 9.17) is 11.6 Å². The van der Waals surface area contributed by atoms with Crippen molar-refractivity contribution in [1.82, 2.24) is 9.55 Å². The number of nitrogens with zero attached hydrogens (tertiary/aromatic N) is 3. The van der Waals surface area contributed by atoms with Crippen LogP contribution in [0.4, 0.5) is 13.2 Å². The summed E-state index contributed by atoms with van der Waals surface area (Å²) in [5.41, 5.74) is -0.558. The highest BCUT2D eigenvalue weighted by molar-refractivity contribution is 7.91. The molecule has 0 N–H and O–H groups in total. The molecule has 4 nitrogen and oxygen atoms in total. The smallest absolute Gasteiger partial charge is 0.285 e. The minimum Gasteiger partial charge on any atom is -0.591 e. The van der Waals surface area contributed by atoms with Crippen LogP contribution in [-0.4, -0.2) is 31.0 Å². The maximum atomic E-state index is 14.0. The zero-order chi connectivity index (χ0) is 20.7. The third-order valence-corrected chi connectivity index (χ3v) is 5.27. The summed E-state index contributed by atoms with van der Waals surface area (Å²) >= 11 is 3.91. The average molecular weight is 422 g/mol. The van der Waals surface area contributed by atoms with Crippen molar-refractivity contribution >= 4 is 39.7 Å². The molecule has 0 bridgehead atoms. The molecule has 2 aromatic rings. The van der Waals surface area contributed by atoms with Gasteiger partial charge in [-0.3, -0.25) is 0 Å². The van der Waals surface area contributed by atoms with Crippen LogP contribution in [0.1, 0.15) is 47.1 Å². The summed E-state index contributed by atoms with van der Waals surface area (Å²) in [5.74, 6) is -0.815. The van der Waals surface area contributed by atoms with Crippen LogP contribution in [-0.2, 0) is 17.9 Å². The Bertz CT molecular complexity index is 869. The first-order valence-electron chi connectivity index (χ1n) is 8.34. The van der Waals surface area contributed by atoms with E-state index >= 15 is 0 Å². The van der Waals surface area contributed by atoms with Gasteiger partial charge in [0.15, 0.2) is 16.7 Å². The first kappa shape index (κ1) is 22.0. The Labute approximate surface area is 165 Å². The summed E-state index contributed by atoms with van der Waals surface area (Å²) in [4.78, 5) is 4.03. The molecule has 1 atom stereocenters. The van der Waals surface area contributed by atoms with Crippen molar-refractivity contribution in [2.24, 2.45) is 9.81 Å². The fourth-order valence-corrected chi connectivity index (χ4v) is 3.19. The summed E-state index contributed by atoms with van der Waals surface area (Å²) < 4.78 is 58.5. The van der Waals surface area contributed by atoms with E-state index in [0.29, 0.717) is 6.54 Å². The Morgan fingerprint density at radius 3 is 2.37 bits per heavy atom. The highest BCUT2D eigenvalue weighted by atomic mass is 35.5. The normalized spacial score (nSPS) is 15.0. The van der Waals surface area contributed by atoms with Gasteiger partial charge in [-0.05, 0) is 32.3 Å². The van der Waals surface area contributed by atoms with E-state index in [-0.39, 0.29) is 27.2 Å². The van der Waals surface area contributed by atoms with Crippen LogP contribution in [0, 0.1) is 11.2 Å². The van der Waals surface area contributed by atoms with Gasteiger partial charge in [-0.15, -0.1) is 0 Å². The minimum atomic E-state index is -2.98. The van der Waals surface area contributed by atoms with Crippen LogP contribution in [0.15, 0.2) is 16.7 Å². The molecule has 0 spiro atoms. The van der Waals surface area contributed by atoms with E-state index in [1.165, 1.54) is 6.20 Å². The molecule has 0 aliphatic heterocycles. The summed E-state index contributed by atoms with van der Waals surface area (Å²) in [7, 11) is 0. The molecule has 0 fully saturated rings. The molecule has 27 heavy (non-hydrogen) atoms. The largest absolute Gasteiger partial charge is 0.591 e. The zero-order valence-corrected chi connectivity index (χ0v) is 17.7. The lowest BCUT2D eigenvalue weighted by Gasteiger charge is -2.19. The molecule has 0 saturated carbocycles. The van der Waals surface area contributed by atoms with Crippen molar-refractivity contribution in [2.75, 3.05) is 0 Å². The first-order chi connectivity index (χ1) is 12.2. The fourth-order valence-electron chi connectivity index (χ4n) is 2.43. The van der Waals surface area contributed by atoms with Gasteiger partial charge in [-0.25, -0.2) is 18.2 Å². The molecule has 0 amide bonds. The van der Waals surface area contributed by atoms with Crippen molar-refractivity contribution in [3.63, 3.8) is 0 Å². The van der Waals surface area contributed by atoms with Crippen molar-refractivity contribution in [1.29, 1.82) is 0 Å². The van der Waals surface area contributed by atoms with Gasteiger partial charge in [-0.1, -0.05) is 36.8 Å². The van der Waals surface area contributed by atoms with Crippen LogP contribution in [0.2, 0.25) is 5.15 Å². The molecule has 0 aliphatic rings. The summed E-state index contributed by atoms with van der Waals surface area (Å²) in [6, 6.07) is 1.07. The SMILES string of the molecule is CC(C)(C)Cn1cc(C(=N[S+]([O-])C(C)(C)C)C(F)F)c2cc(F)c(Cl)nc21. The lowest BCUT2D eigenvalue weighted by molar-refractivity contribution is 0.226. The van der Waals surface area contributed by atoms with Gasteiger partial charge in [0.2, 0.25) is 0 Å². The molecule has 0 aliphatic carbocycles. The highest BCUT2D eigenvalue weighted by Crippen LogP contribution is 2.30. The lowest BCUT2D eigenvalue weighted by Crippen LogP contribution is -2.28. The quantitative estimate of drug-likeness (QED) is 0.377. The van der Waals surface area contributed by atoms with Gasteiger partial charge >= 0.3 is 0 Å². The third-order valence-electron chi connectivity index (χ3n) is 3.59. The second-order valence-corrected chi connectivity index (χ2v) is 10.8. The Kier molecular flexibility index (Phi) is 6.24. The van der Waals surface area contributed by atoms with Crippen molar-refractivity contribution in [3.05, 3.63) is 28.8 Å². The molecule has 1 unspecified atom stereocenters. The number of aromatic nitrogens is 2.